The Kier molecular flexibility index (Phi) is 7.15. The van der Waals surface area contributed by atoms with Crippen LogP contribution in [0.5, 0.6) is 0 Å². The molecule has 0 aliphatic carbocycles. The van der Waals surface area contributed by atoms with Crippen molar-refractivity contribution in [2.45, 2.75) is 20.3 Å². The van der Waals surface area contributed by atoms with Gasteiger partial charge in [0.25, 0.3) is 0 Å². The summed E-state index contributed by atoms with van der Waals surface area (Å²) in [4.78, 5) is 0. The number of rotatable bonds is 7. The van der Waals surface area contributed by atoms with E-state index < -0.39 is 0 Å². The first-order valence-corrected chi connectivity index (χ1v) is 5.80. The molecule has 0 N–H and O–H groups in total. The van der Waals surface area contributed by atoms with Gasteiger partial charge in [0.1, 0.15) is 0 Å². The van der Waals surface area contributed by atoms with Crippen LogP contribution >= 0.6 is 23.2 Å². The van der Waals surface area contributed by atoms with Gasteiger partial charge >= 0.3 is 0 Å². The summed E-state index contributed by atoms with van der Waals surface area (Å²) in [6.45, 7) is 5.82. The highest BCUT2D eigenvalue weighted by Gasteiger charge is 2.15. The minimum atomic E-state index is -0.231. The summed E-state index contributed by atoms with van der Waals surface area (Å²) < 4.78 is -0.231. The van der Waals surface area contributed by atoms with Crippen molar-refractivity contribution in [2.24, 2.45) is 5.92 Å². The van der Waals surface area contributed by atoms with Crippen LogP contribution in [0, 0.1) is 11.1 Å². The van der Waals surface area contributed by atoms with Crippen LogP contribution in [0.2, 0.25) is 0 Å². The van der Waals surface area contributed by atoms with Crippen molar-refractivity contribution in [1.29, 1.82) is 0 Å². The molecule has 80 valence electrons. The SMILES string of the molecule is CC(C)CC[N+]([O-])(CCCl)CCCl. The number of hydroxylamine groups is 3. The molecule has 0 fully saturated rings. The monoisotopic (exact) mass is 227 g/mol. The number of halogens is 2. The number of hydrogen-bond donors (Lipinski definition) is 0. The molecule has 0 aromatic rings. The molecule has 0 saturated carbocycles. The van der Waals surface area contributed by atoms with Crippen LogP contribution in [0.4, 0.5) is 0 Å². The fourth-order valence-electron chi connectivity index (χ4n) is 1.14. The minimum Gasteiger partial charge on any atom is -0.633 e. The van der Waals surface area contributed by atoms with E-state index >= 15 is 0 Å². The standard InChI is InChI=1S/C9H19Cl2NO/c1-9(2)3-6-12(13,7-4-10)8-5-11/h9H,3-8H2,1-2H3. The highest BCUT2D eigenvalue weighted by molar-refractivity contribution is 6.18. The number of hydrogen-bond acceptors (Lipinski definition) is 1. The predicted octanol–water partition coefficient (Wildman–Crippen LogP) is 2.82. The maximum atomic E-state index is 12.0. The fraction of sp³-hybridized carbons (Fsp3) is 1.00. The lowest BCUT2D eigenvalue weighted by molar-refractivity contribution is -0.876. The van der Waals surface area contributed by atoms with Crippen LogP contribution in [0.3, 0.4) is 0 Å². The lowest BCUT2D eigenvalue weighted by Crippen LogP contribution is -2.46. The van der Waals surface area contributed by atoms with Crippen molar-refractivity contribution >= 4 is 23.2 Å². The third kappa shape index (κ3) is 6.55. The van der Waals surface area contributed by atoms with E-state index in [2.05, 4.69) is 13.8 Å². The number of alkyl halides is 2. The van der Waals surface area contributed by atoms with Crippen molar-refractivity contribution in [2.75, 3.05) is 31.4 Å². The smallest absolute Gasteiger partial charge is 0.0921 e. The molecule has 4 heteroatoms. The Morgan fingerprint density at radius 3 is 1.85 bits per heavy atom. The van der Waals surface area contributed by atoms with Gasteiger partial charge in [-0.3, -0.25) is 0 Å². The first kappa shape index (κ1) is 13.5. The zero-order valence-electron chi connectivity index (χ0n) is 8.43. The lowest BCUT2D eigenvalue weighted by Gasteiger charge is -2.42. The molecule has 0 heterocycles. The van der Waals surface area contributed by atoms with Gasteiger partial charge in [0.05, 0.1) is 31.4 Å². The second kappa shape index (κ2) is 6.88. The summed E-state index contributed by atoms with van der Waals surface area (Å²) in [7, 11) is 0. The Labute approximate surface area is 91.0 Å². The highest BCUT2D eigenvalue weighted by atomic mass is 35.5. The Hall–Kier alpha value is 0.500. The van der Waals surface area contributed by atoms with E-state index in [1.165, 1.54) is 0 Å². The summed E-state index contributed by atoms with van der Waals surface area (Å²) in [5.74, 6) is 1.40. The molecule has 0 rings (SSSR count). The van der Waals surface area contributed by atoms with Gasteiger partial charge in [-0.1, -0.05) is 13.8 Å². The van der Waals surface area contributed by atoms with E-state index in [0.717, 1.165) is 6.42 Å². The first-order chi connectivity index (χ1) is 6.04. The Balaban J connectivity index is 3.91. The molecule has 0 aromatic heterocycles. The Morgan fingerprint density at radius 1 is 1.08 bits per heavy atom. The van der Waals surface area contributed by atoms with Crippen LogP contribution < -0.4 is 0 Å². The lowest BCUT2D eigenvalue weighted by atomic mass is 10.1. The van der Waals surface area contributed by atoms with E-state index in [-0.39, 0.29) is 4.65 Å². The average molecular weight is 228 g/mol. The molecule has 0 amide bonds. The normalized spacial score (nSPS) is 12.5. The van der Waals surface area contributed by atoms with Gasteiger partial charge in [-0.15, -0.1) is 23.2 Å². The summed E-state index contributed by atoms with van der Waals surface area (Å²) in [6.07, 6.45) is 0.942. The summed E-state index contributed by atoms with van der Waals surface area (Å²) in [5.41, 5.74) is 0. The largest absolute Gasteiger partial charge is 0.633 e. The molecule has 0 unspecified atom stereocenters. The molecule has 0 aromatic carbocycles. The molecular weight excluding hydrogens is 209 g/mol. The first-order valence-electron chi connectivity index (χ1n) is 4.73. The van der Waals surface area contributed by atoms with Gasteiger partial charge in [0.2, 0.25) is 0 Å². The van der Waals surface area contributed by atoms with E-state index in [1.807, 2.05) is 0 Å². The van der Waals surface area contributed by atoms with Crippen molar-refractivity contribution in [3.63, 3.8) is 0 Å². The van der Waals surface area contributed by atoms with Crippen molar-refractivity contribution < 1.29 is 4.65 Å². The average Bonchev–Trinajstić information content (AvgIpc) is 2.02. The summed E-state index contributed by atoms with van der Waals surface area (Å²) >= 11 is 11.2. The van der Waals surface area contributed by atoms with Gasteiger partial charge < -0.3 is 9.85 Å². The van der Waals surface area contributed by atoms with Gasteiger partial charge in [0, 0.05) is 0 Å². The van der Waals surface area contributed by atoms with E-state index in [0.29, 0.717) is 37.3 Å². The van der Waals surface area contributed by atoms with E-state index in [9.17, 15) is 5.21 Å². The van der Waals surface area contributed by atoms with E-state index in [1.54, 1.807) is 0 Å². The fourth-order valence-corrected chi connectivity index (χ4v) is 1.75. The molecule has 0 aliphatic rings. The van der Waals surface area contributed by atoms with Crippen molar-refractivity contribution in [3.8, 4) is 0 Å². The summed E-state index contributed by atoms with van der Waals surface area (Å²) in [6, 6.07) is 0. The molecule has 13 heavy (non-hydrogen) atoms. The van der Waals surface area contributed by atoms with E-state index in [4.69, 9.17) is 23.2 Å². The second-order valence-corrected chi connectivity index (χ2v) is 4.55. The van der Waals surface area contributed by atoms with Crippen LogP contribution in [-0.4, -0.2) is 36.0 Å². The van der Waals surface area contributed by atoms with Gasteiger partial charge in [-0.2, -0.15) is 0 Å². The van der Waals surface area contributed by atoms with Crippen LogP contribution in [0.25, 0.3) is 0 Å². The molecule has 2 nitrogen and oxygen atoms in total. The Bertz CT molecular complexity index is 125. The third-order valence-corrected chi connectivity index (χ3v) is 2.44. The van der Waals surface area contributed by atoms with Crippen LogP contribution in [0.1, 0.15) is 20.3 Å². The van der Waals surface area contributed by atoms with Crippen LogP contribution in [0.15, 0.2) is 0 Å². The number of quaternary nitrogens is 1. The quantitative estimate of drug-likeness (QED) is 0.373. The van der Waals surface area contributed by atoms with Gasteiger partial charge in [0.15, 0.2) is 0 Å². The molecule has 0 radical (unpaired) electrons. The van der Waals surface area contributed by atoms with Crippen molar-refractivity contribution in [3.05, 3.63) is 5.21 Å². The molecule has 0 bridgehead atoms. The Morgan fingerprint density at radius 2 is 1.54 bits per heavy atom. The highest BCUT2D eigenvalue weighted by Crippen LogP contribution is 2.11. The minimum absolute atomic E-state index is 0.231. The number of nitrogens with zero attached hydrogens (tertiary/aromatic N) is 1. The predicted molar refractivity (Wildman–Crippen MR) is 59.1 cm³/mol. The molecule has 0 spiro atoms. The molecular formula is C9H19Cl2NO. The summed E-state index contributed by atoms with van der Waals surface area (Å²) in [5, 5.41) is 12.0. The zero-order valence-corrected chi connectivity index (χ0v) is 9.94. The molecule has 0 saturated heterocycles. The zero-order chi connectivity index (χ0) is 10.3. The maximum Gasteiger partial charge on any atom is 0.0921 e. The maximum absolute atomic E-state index is 12.0. The second-order valence-electron chi connectivity index (χ2n) is 3.79. The third-order valence-electron chi connectivity index (χ3n) is 2.10. The van der Waals surface area contributed by atoms with Crippen LogP contribution in [-0.2, 0) is 0 Å². The topological polar surface area (TPSA) is 23.1 Å². The molecule has 0 aliphatic heterocycles. The van der Waals surface area contributed by atoms with Crippen molar-refractivity contribution in [1.82, 2.24) is 0 Å². The van der Waals surface area contributed by atoms with Gasteiger partial charge in [-0.05, 0) is 12.3 Å². The van der Waals surface area contributed by atoms with Gasteiger partial charge in [-0.25, -0.2) is 0 Å². The molecule has 0 atom stereocenters.